The van der Waals surface area contributed by atoms with Gasteiger partial charge in [0, 0.05) is 29.5 Å². The minimum Gasteiger partial charge on any atom is -0.478 e. The van der Waals surface area contributed by atoms with Crippen LogP contribution in [-0.2, 0) is 11.3 Å². The number of ether oxygens (including phenoxy) is 1. The van der Waals surface area contributed by atoms with Gasteiger partial charge in [-0.05, 0) is 63.5 Å². The summed E-state index contributed by atoms with van der Waals surface area (Å²) in [6.45, 7) is 0.579. The van der Waals surface area contributed by atoms with Crippen LogP contribution < -0.4 is 4.90 Å². The molecule has 0 amide bonds. The molecular formula is C25H26FN3O4S. The number of nitrogens with zero attached hydrogens (tertiary/aromatic N) is 3. The van der Waals surface area contributed by atoms with E-state index in [1.54, 1.807) is 0 Å². The Morgan fingerprint density at radius 3 is 2.56 bits per heavy atom. The van der Waals surface area contributed by atoms with Crippen LogP contribution in [0.1, 0.15) is 90.6 Å². The predicted octanol–water partition coefficient (Wildman–Crippen LogP) is 5.59. The summed E-state index contributed by atoms with van der Waals surface area (Å²) in [6, 6.07) is 3.19. The molecule has 7 rings (SSSR count). The van der Waals surface area contributed by atoms with Crippen LogP contribution in [0.5, 0.6) is 0 Å². The Hall–Kier alpha value is -2.52. The fraction of sp³-hybridized carbons (Fsp3) is 0.560. The summed E-state index contributed by atoms with van der Waals surface area (Å²) in [5, 5.41) is 14.4. The average Bonchev–Trinajstić information content (AvgIpc) is 3.74. The van der Waals surface area contributed by atoms with Crippen LogP contribution in [0.15, 0.2) is 16.7 Å². The molecule has 178 valence electrons. The molecule has 7 nitrogen and oxygen atoms in total. The van der Waals surface area contributed by atoms with Crippen molar-refractivity contribution in [3.8, 4) is 0 Å². The van der Waals surface area contributed by atoms with Gasteiger partial charge in [-0.3, -0.25) is 0 Å². The lowest BCUT2D eigenvalue weighted by Crippen LogP contribution is -2.45. The van der Waals surface area contributed by atoms with Gasteiger partial charge in [-0.1, -0.05) is 16.5 Å². The summed E-state index contributed by atoms with van der Waals surface area (Å²) in [6.07, 6.45) is 8.90. The van der Waals surface area contributed by atoms with Gasteiger partial charge in [0.25, 0.3) is 0 Å². The molecule has 0 radical (unpaired) electrons. The van der Waals surface area contributed by atoms with Gasteiger partial charge in [-0.2, -0.15) is 0 Å². The number of piperidine rings is 1. The van der Waals surface area contributed by atoms with Gasteiger partial charge in [0.15, 0.2) is 10.9 Å². The van der Waals surface area contributed by atoms with Gasteiger partial charge in [-0.15, -0.1) is 0 Å². The van der Waals surface area contributed by atoms with Crippen molar-refractivity contribution < 1.29 is 23.6 Å². The molecule has 1 aromatic carbocycles. The van der Waals surface area contributed by atoms with E-state index in [-0.39, 0.29) is 17.2 Å². The van der Waals surface area contributed by atoms with Crippen molar-refractivity contribution in [3.05, 3.63) is 40.5 Å². The first-order chi connectivity index (χ1) is 16.5. The van der Waals surface area contributed by atoms with Crippen molar-refractivity contribution in [1.82, 2.24) is 10.1 Å². The molecule has 4 heterocycles. The number of carboxylic acid groups (broad SMARTS) is 1. The van der Waals surface area contributed by atoms with Crippen molar-refractivity contribution in [1.29, 1.82) is 0 Å². The number of anilines is 1. The van der Waals surface area contributed by atoms with Gasteiger partial charge in [0.05, 0.1) is 28.7 Å². The molecule has 2 aliphatic carbocycles. The van der Waals surface area contributed by atoms with E-state index in [2.05, 4.69) is 15.0 Å². The zero-order valence-electron chi connectivity index (χ0n) is 18.7. The van der Waals surface area contributed by atoms with Crippen LogP contribution in [0.2, 0.25) is 0 Å². The van der Waals surface area contributed by atoms with Crippen LogP contribution in [0, 0.1) is 5.82 Å². The number of rotatable bonds is 7. The predicted molar refractivity (Wildman–Crippen MR) is 124 cm³/mol. The molecule has 1 N–H and O–H groups in total. The monoisotopic (exact) mass is 483 g/mol. The second kappa shape index (κ2) is 7.75. The quantitative estimate of drug-likeness (QED) is 0.468. The number of fused-ring (bicyclic) bond motifs is 3. The zero-order chi connectivity index (χ0) is 23.0. The van der Waals surface area contributed by atoms with Gasteiger partial charge in [-0.25, -0.2) is 14.2 Å². The number of benzene rings is 1. The number of carboxylic acids is 1. The Kier molecular flexibility index (Phi) is 4.74. The second-order valence-electron chi connectivity index (χ2n) is 10.3. The summed E-state index contributed by atoms with van der Waals surface area (Å²) >= 11 is 1.38. The van der Waals surface area contributed by atoms with Crippen molar-refractivity contribution in [2.24, 2.45) is 0 Å². The Labute approximate surface area is 199 Å². The largest absolute Gasteiger partial charge is 0.478 e. The van der Waals surface area contributed by atoms with E-state index in [1.807, 2.05) is 0 Å². The third kappa shape index (κ3) is 3.51. The van der Waals surface area contributed by atoms with Crippen molar-refractivity contribution >= 4 is 32.7 Å². The molecule has 1 unspecified atom stereocenters. The molecule has 4 aliphatic rings. The lowest BCUT2D eigenvalue weighted by molar-refractivity contribution is 0.0142. The molecule has 2 saturated carbocycles. The SMILES string of the molecule is O=C(O)c1cc(F)c2nc(N3[C@@H]4CC[C@H]3CC(OCc3c(C5CC5)noc3C3CC3)C4)sc2c1. The minimum absolute atomic E-state index is 0.0415. The van der Waals surface area contributed by atoms with Crippen LogP contribution in [0.4, 0.5) is 9.52 Å². The van der Waals surface area contributed by atoms with E-state index >= 15 is 0 Å². The maximum absolute atomic E-state index is 14.5. The van der Waals surface area contributed by atoms with Crippen LogP contribution in [0.3, 0.4) is 0 Å². The number of aromatic carboxylic acids is 1. The van der Waals surface area contributed by atoms with Gasteiger partial charge in [0.1, 0.15) is 11.3 Å². The minimum atomic E-state index is -1.13. The fourth-order valence-electron chi connectivity index (χ4n) is 5.81. The number of halogens is 1. The van der Waals surface area contributed by atoms with E-state index in [0.29, 0.717) is 35.2 Å². The van der Waals surface area contributed by atoms with E-state index in [9.17, 15) is 14.3 Å². The Bertz CT molecular complexity index is 1240. The summed E-state index contributed by atoms with van der Waals surface area (Å²) in [4.78, 5) is 18.2. The van der Waals surface area contributed by atoms with E-state index in [1.165, 1.54) is 48.6 Å². The smallest absolute Gasteiger partial charge is 0.335 e. The summed E-state index contributed by atoms with van der Waals surface area (Å²) < 4.78 is 27.3. The third-order valence-corrected chi connectivity index (χ3v) is 8.84. The Morgan fingerprint density at radius 2 is 1.88 bits per heavy atom. The first-order valence-electron chi connectivity index (χ1n) is 12.3. The Morgan fingerprint density at radius 1 is 1.15 bits per heavy atom. The number of thiazole rings is 1. The van der Waals surface area contributed by atoms with Crippen LogP contribution >= 0.6 is 11.3 Å². The van der Waals surface area contributed by atoms with Gasteiger partial charge >= 0.3 is 5.97 Å². The lowest BCUT2D eigenvalue weighted by atomic mass is 10.00. The summed E-state index contributed by atoms with van der Waals surface area (Å²) in [5.74, 6) is 0.428. The highest BCUT2D eigenvalue weighted by Crippen LogP contribution is 2.48. The van der Waals surface area contributed by atoms with Crippen LogP contribution in [0.25, 0.3) is 10.2 Å². The lowest BCUT2D eigenvalue weighted by Gasteiger charge is -2.38. The molecule has 4 fully saturated rings. The number of hydrogen-bond donors (Lipinski definition) is 1. The van der Waals surface area contributed by atoms with Crippen molar-refractivity contribution in [2.45, 2.75) is 88.0 Å². The Balaban J connectivity index is 1.08. The van der Waals surface area contributed by atoms with E-state index < -0.39 is 11.8 Å². The standard InChI is InChI=1S/C25H26FN3O4S/c26-19-7-14(24(30)31)8-20-22(19)27-25(34-20)29-15-5-6-16(29)10-17(9-15)32-11-18-21(12-1-2-12)28-33-23(18)13-3-4-13/h7-8,12-13,15-17H,1-6,9-11H2,(H,30,31)/t15-,16+,17?. The molecule has 2 saturated heterocycles. The maximum Gasteiger partial charge on any atom is 0.335 e. The average molecular weight is 484 g/mol. The van der Waals surface area contributed by atoms with Gasteiger partial charge < -0.3 is 19.3 Å². The first kappa shape index (κ1) is 20.8. The molecule has 9 heteroatoms. The number of aromatic nitrogens is 2. The molecule has 34 heavy (non-hydrogen) atoms. The normalized spacial score (nSPS) is 26.5. The highest BCUT2D eigenvalue weighted by Gasteiger charge is 2.43. The van der Waals surface area contributed by atoms with E-state index in [0.717, 1.165) is 48.3 Å². The van der Waals surface area contributed by atoms with Crippen molar-refractivity contribution in [2.75, 3.05) is 4.90 Å². The zero-order valence-corrected chi connectivity index (χ0v) is 19.5. The van der Waals surface area contributed by atoms with E-state index in [4.69, 9.17) is 9.26 Å². The first-order valence-corrected chi connectivity index (χ1v) is 13.1. The van der Waals surface area contributed by atoms with Gasteiger partial charge in [0.2, 0.25) is 0 Å². The van der Waals surface area contributed by atoms with Crippen LogP contribution in [-0.4, -0.2) is 39.4 Å². The summed E-state index contributed by atoms with van der Waals surface area (Å²) in [7, 11) is 0. The molecule has 2 bridgehead atoms. The molecule has 2 aliphatic heterocycles. The maximum atomic E-state index is 14.5. The fourth-order valence-corrected chi connectivity index (χ4v) is 6.97. The number of carbonyl (C=O) groups is 1. The highest BCUT2D eigenvalue weighted by molar-refractivity contribution is 7.22. The molecule has 3 atom stereocenters. The van der Waals surface area contributed by atoms with Crippen molar-refractivity contribution in [3.63, 3.8) is 0 Å². The molecule has 3 aromatic rings. The molecular weight excluding hydrogens is 457 g/mol. The molecule has 0 spiro atoms. The topological polar surface area (TPSA) is 88.7 Å². The third-order valence-electron chi connectivity index (χ3n) is 7.82. The summed E-state index contributed by atoms with van der Waals surface area (Å²) in [5.41, 5.74) is 2.55. The number of hydrogen-bond acceptors (Lipinski definition) is 7. The highest BCUT2D eigenvalue weighted by atomic mass is 32.1. The second-order valence-corrected chi connectivity index (χ2v) is 11.3. The molecule has 2 aromatic heterocycles.